The summed E-state index contributed by atoms with van der Waals surface area (Å²) in [6.07, 6.45) is 6.98. The molecule has 0 saturated heterocycles. The second-order valence-corrected chi connectivity index (χ2v) is 7.36. The van der Waals surface area contributed by atoms with Crippen molar-refractivity contribution in [2.24, 2.45) is 0 Å². The number of fused-ring (bicyclic) bond motifs is 1. The molecule has 0 atom stereocenters. The van der Waals surface area contributed by atoms with E-state index in [1.54, 1.807) is 27.8 Å². The summed E-state index contributed by atoms with van der Waals surface area (Å²) in [6.45, 7) is 7.24. The number of rotatable bonds is 0. The molecule has 0 heteroatoms. The molecule has 0 N–H and O–H groups in total. The van der Waals surface area contributed by atoms with Crippen LogP contribution in [0.1, 0.15) is 79.7 Å². The molecule has 1 aromatic rings. The fourth-order valence-corrected chi connectivity index (χ4v) is 4.53. The van der Waals surface area contributed by atoms with Crippen molar-refractivity contribution in [2.45, 2.75) is 70.1 Å². The van der Waals surface area contributed by atoms with Gasteiger partial charge in [-0.25, -0.2) is 0 Å². The number of hydrogen-bond donors (Lipinski definition) is 0. The lowest BCUT2D eigenvalue weighted by molar-refractivity contribution is 0.402. The molecule has 1 fully saturated rings. The monoisotopic (exact) mass is 226 g/mol. The fraction of sp³-hybridized carbons (Fsp3) is 0.647. The van der Waals surface area contributed by atoms with E-state index in [1.807, 2.05) is 0 Å². The van der Waals surface area contributed by atoms with Crippen LogP contribution in [-0.4, -0.2) is 0 Å². The minimum atomic E-state index is 0.344. The van der Waals surface area contributed by atoms with E-state index in [0.717, 1.165) is 11.8 Å². The highest BCUT2D eigenvalue weighted by Crippen LogP contribution is 2.61. The van der Waals surface area contributed by atoms with Crippen LogP contribution in [-0.2, 0) is 18.3 Å². The lowest BCUT2D eigenvalue weighted by Crippen LogP contribution is -2.18. The van der Waals surface area contributed by atoms with Crippen molar-refractivity contribution in [3.05, 3.63) is 33.9 Å². The minimum Gasteiger partial charge on any atom is -0.0561 e. The van der Waals surface area contributed by atoms with Gasteiger partial charge < -0.3 is 0 Å². The van der Waals surface area contributed by atoms with E-state index < -0.39 is 0 Å². The molecular formula is C17H22. The molecule has 1 saturated carbocycles. The van der Waals surface area contributed by atoms with Gasteiger partial charge in [0.15, 0.2) is 0 Å². The molecule has 4 aliphatic carbocycles. The van der Waals surface area contributed by atoms with Crippen molar-refractivity contribution in [3.63, 3.8) is 0 Å². The summed E-state index contributed by atoms with van der Waals surface area (Å²) >= 11 is 0. The molecule has 1 aromatic carbocycles. The van der Waals surface area contributed by atoms with E-state index in [-0.39, 0.29) is 0 Å². The van der Waals surface area contributed by atoms with Gasteiger partial charge in [0.25, 0.3) is 0 Å². The Kier molecular flexibility index (Phi) is 1.77. The third kappa shape index (κ3) is 1.19. The van der Waals surface area contributed by atoms with Crippen LogP contribution in [0.4, 0.5) is 0 Å². The van der Waals surface area contributed by atoms with Gasteiger partial charge in [-0.1, -0.05) is 26.8 Å². The van der Waals surface area contributed by atoms with Crippen LogP contribution < -0.4 is 0 Å². The maximum Gasteiger partial charge on any atom is -0.0126 e. The fourth-order valence-electron chi connectivity index (χ4n) is 4.53. The summed E-state index contributed by atoms with van der Waals surface area (Å²) in [5.74, 6) is 1.86. The van der Waals surface area contributed by atoms with Crippen LogP contribution in [0.15, 0.2) is 6.07 Å². The highest BCUT2D eigenvalue weighted by Gasteiger charge is 2.45. The zero-order valence-electron chi connectivity index (χ0n) is 11.3. The van der Waals surface area contributed by atoms with Crippen molar-refractivity contribution >= 4 is 0 Å². The number of benzene rings is 1. The molecule has 2 bridgehead atoms. The van der Waals surface area contributed by atoms with Crippen LogP contribution in [0.3, 0.4) is 0 Å². The van der Waals surface area contributed by atoms with Crippen molar-refractivity contribution in [1.82, 2.24) is 0 Å². The third-order valence-corrected chi connectivity index (χ3v) is 5.21. The summed E-state index contributed by atoms with van der Waals surface area (Å²) in [5.41, 5.74) is 9.08. The quantitative estimate of drug-likeness (QED) is 0.613. The van der Waals surface area contributed by atoms with E-state index in [9.17, 15) is 0 Å². The van der Waals surface area contributed by atoms with Gasteiger partial charge in [0.05, 0.1) is 0 Å². The molecule has 0 radical (unpaired) electrons. The smallest absolute Gasteiger partial charge is 0.0126 e. The highest BCUT2D eigenvalue weighted by atomic mass is 14.5. The highest BCUT2D eigenvalue weighted by molar-refractivity contribution is 5.58. The molecule has 0 heterocycles. The number of aryl methyl sites for hydroxylation is 1. The normalized spacial score (nSPS) is 28.9. The zero-order valence-corrected chi connectivity index (χ0v) is 11.3. The lowest BCUT2D eigenvalue weighted by Gasteiger charge is -2.29. The Labute approximate surface area is 104 Å². The van der Waals surface area contributed by atoms with Crippen molar-refractivity contribution in [1.29, 1.82) is 0 Å². The summed E-state index contributed by atoms with van der Waals surface area (Å²) in [5, 5.41) is 0. The summed E-state index contributed by atoms with van der Waals surface area (Å²) in [4.78, 5) is 0. The second kappa shape index (κ2) is 2.96. The summed E-state index contributed by atoms with van der Waals surface area (Å²) < 4.78 is 0. The van der Waals surface area contributed by atoms with Gasteiger partial charge in [-0.3, -0.25) is 0 Å². The largest absolute Gasteiger partial charge is 0.0561 e. The Morgan fingerprint density at radius 1 is 1.06 bits per heavy atom. The average molecular weight is 226 g/mol. The second-order valence-electron chi connectivity index (χ2n) is 7.36. The molecular weight excluding hydrogens is 204 g/mol. The van der Waals surface area contributed by atoms with E-state index in [2.05, 4.69) is 26.8 Å². The minimum absolute atomic E-state index is 0.344. The van der Waals surface area contributed by atoms with E-state index in [1.165, 1.54) is 32.1 Å². The van der Waals surface area contributed by atoms with E-state index >= 15 is 0 Å². The molecule has 0 aliphatic heterocycles. The Morgan fingerprint density at radius 2 is 1.82 bits per heavy atom. The van der Waals surface area contributed by atoms with Gasteiger partial charge in [0.1, 0.15) is 0 Å². The molecule has 90 valence electrons. The van der Waals surface area contributed by atoms with Crippen LogP contribution in [0.5, 0.6) is 0 Å². The van der Waals surface area contributed by atoms with Crippen LogP contribution in [0, 0.1) is 0 Å². The number of hydrogen-bond acceptors (Lipinski definition) is 0. The summed E-state index contributed by atoms with van der Waals surface area (Å²) in [7, 11) is 0. The van der Waals surface area contributed by atoms with E-state index in [0.29, 0.717) is 5.41 Å². The zero-order chi connectivity index (χ0) is 11.8. The first kappa shape index (κ1) is 10.2. The maximum absolute atomic E-state index is 2.59. The Morgan fingerprint density at radius 3 is 2.53 bits per heavy atom. The molecule has 17 heavy (non-hydrogen) atoms. The van der Waals surface area contributed by atoms with Crippen molar-refractivity contribution in [2.75, 3.05) is 0 Å². The summed E-state index contributed by atoms with van der Waals surface area (Å²) in [6, 6.07) is 2.59. The molecule has 0 spiro atoms. The van der Waals surface area contributed by atoms with Gasteiger partial charge >= 0.3 is 0 Å². The van der Waals surface area contributed by atoms with Crippen molar-refractivity contribution in [3.8, 4) is 0 Å². The lowest BCUT2D eigenvalue weighted by atomic mass is 9.76. The molecule has 0 nitrogen and oxygen atoms in total. The molecule has 4 aliphatic rings. The first-order valence-corrected chi connectivity index (χ1v) is 7.24. The van der Waals surface area contributed by atoms with E-state index in [4.69, 9.17) is 0 Å². The van der Waals surface area contributed by atoms with Gasteiger partial charge in [-0.05, 0) is 77.2 Å². The van der Waals surface area contributed by atoms with Gasteiger partial charge in [-0.2, -0.15) is 0 Å². The van der Waals surface area contributed by atoms with Crippen LogP contribution in [0.2, 0.25) is 0 Å². The maximum atomic E-state index is 2.59. The van der Waals surface area contributed by atoms with Gasteiger partial charge in [0.2, 0.25) is 0 Å². The molecule has 0 unspecified atom stereocenters. The first-order valence-electron chi connectivity index (χ1n) is 7.24. The standard InChI is InChI=1S/C17H22/c1-17(2,3)16-13-6-4-5-10(13)9-14-11-7-12(8-11)15(14)16/h9,11-12H,4-8H2,1-3H3. The van der Waals surface area contributed by atoms with Crippen LogP contribution in [0.25, 0.3) is 0 Å². The molecule has 5 rings (SSSR count). The predicted octanol–water partition coefficient (Wildman–Crippen LogP) is 4.45. The topological polar surface area (TPSA) is 0 Å². The van der Waals surface area contributed by atoms with Crippen molar-refractivity contribution < 1.29 is 0 Å². The average Bonchev–Trinajstić information content (AvgIpc) is 2.78. The first-order chi connectivity index (χ1) is 8.05. The molecule has 0 amide bonds. The van der Waals surface area contributed by atoms with Crippen LogP contribution >= 0.6 is 0 Å². The SMILES string of the molecule is CC(C)(C)c1c2c(cc3c1C1CC3C1)CCC2. The Bertz CT molecular complexity index is 496. The van der Waals surface area contributed by atoms with Gasteiger partial charge in [-0.15, -0.1) is 0 Å². The third-order valence-electron chi connectivity index (χ3n) is 5.21. The molecule has 0 aromatic heterocycles. The Balaban J connectivity index is 2.04. The van der Waals surface area contributed by atoms with Gasteiger partial charge in [0, 0.05) is 0 Å². The Hall–Kier alpha value is -0.780. The predicted molar refractivity (Wildman–Crippen MR) is 71.9 cm³/mol.